The van der Waals surface area contributed by atoms with E-state index in [0.29, 0.717) is 0 Å². The summed E-state index contributed by atoms with van der Waals surface area (Å²) in [6, 6.07) is 0. The second kappa shape index (κ2) is 17.0. The second-order valence-electron chi connectivity index (χ2n) is 6.28. The topological polar surface area (TPSA) is 32.3 Å². The summed E-state index contributed by atoms with van der Waals surface area (Å²) >= 11 is 0. The predicted octanol–water partition coefficient (Wildman–Crippen LogP) is 5.05. The van der Waals surface area contributed by atoms with Gasteiger partial charge in [-0.25, -0.2) is 0 Å². The Kier molecular flexibility index (Phi) is 16.9. The van der Waals surface area contributed by atoms with Crippen molar-refractivity contribution < 1.29 is 5.11 Å². The lowest BCUT2D eigenvalue weighted by molar-refractivity contribution is 0.184. The highest BCUT2D eigenvalue weighted by molar-refractivity contribution is 4.53. The van der Waals surface area contributed by atoms with Crippen LogP contribution in [-0.2, 0) is 0 Å². The third-order valence-electron chi connectivity index (χ3n) is 3.95. The van der Waals surface area contributed by atoms with Crippen molar-refractivity contribution in [3.8, 4) is 0 Å². The van der Waals surface area contributed by atoms with E-state index in [4.69, 9.17) is 5.11 Å². The molecule has 0 aromatic heterocycles. The summed E-state index contributed by atoms with van der Waals surface area (Å²) in [5.74, 6) is 0. The van der Waals surface area contributed by atoms with Crippen LogP contribution in [-0.4, -0.2) is 24.3 Å². The molecule has 1 atom stereocenters. The van der Waals surface area contributed by atoms with E-state index < -0.39 is 0 Å². The van der Waals surface area contributed by atoms with Crippen molar-refractivity contribution in [1.29, 1.82) is 0 Å². The third kappa shape index (κ3) is 17.9. The van der Waals surface area contributed by atoms with Gasteiger partial charge in [0.15, 0.2) is 0 Å². The van der Waals surface area contributed by atoms with Gasteiger partial charge in [-0.15, -0.1) is 0 Å². The fraction of sp³-hybridized carbons (Fsp3) is 1.00. The fourth-order valence-electron chi connectivity index (χ4n) is 2.53. The normalized spacial score (nSPS) is 12.8. The molecule has 0 rings (SSSR count). The van der Waals surface area contributed by atoms with Crippen molar-refractivity contribution in [2.45, 2.75) is 103 Å². The van der Waals surface area contributed by atoms with Crippen LogP contribution < -0.4 is 5.32 Å². The molecule has 2 heteroatoms. The molecule has 0 aliphatic carbocycles. The van der Waals surface area contributed by atoms with Crippen molar-refractivity contribution in [1.82, 2.24) is 5.32 Å². The molecule has 0 saturated heterocycles. The van der Waals surface area contributed by atoms with E-state index in [1.165, 1.54) is 77.0 Å². The predicted molar refractivity (Wildman–Crippen MR) is 90.2 cm³/mol. The smallest absolute Gasteiger partial charge is 0.0524 e. The summed E-state index contributed by atoms with van der Waals surface area (Å²) in [6.45, 7) is 6.20. The number of nitrogens with one attached hydrogen (secondary N) is 1. The number of rotatable bonds is 16. The molecule has 0 aliphatic heterocycles. The average Bonchev–Trinajstić information content (AvgIpc) is 2.43. The van der Waals surface area contributed by atoms with Gasteiger partial charge < -0.3 is 10.4 Å². The zero-order chi connectivity index (χ0) is 14.9. The lowest BCUT2D eigenvalue weighted by atomic mass is 10.1. The van der Waals surface area contributed by atoms with Crippen LogP contribution in [0.1, 0.15) is 97.3 Å². The van der Waals surface area contributed by atoms with Crippen molar-refractivity contribution >= 4 is 0 Å². The molecule has 0 aromatic carbocycles. The Morgan fingerprint density at radius 1 is 0.700 bits per heavy atom. The molecular formula is C18H39NO. The Morgan fingerprint density at radius 3 is 1.60 bits per heavy atom. The molecule has 0 saturated carbocycles. The van der Waals surface area contributed by atoms with Crippen molar-refractivity contribution in [2.24, 2.45) is 0 Å². The molecule has 2 N–H and O–H groups in total. The lowest BCUT2D eigenvalue weighted by Gasteiger charge is -2.06. The highest BCUT2D eigenvalue weighted by Crippen LogP contribution is 2.11. The van der Waals surface area contributed by atoms with Crippen molar-refractivity contribution in [3.63, 3.8) is 0 Å². The Morgan fingerprint density at radius 2 is 1.15 bits per heavy atom. The average molecular weight is 286 g/mol. The van der Waals surface area contributed by atoms with E-state index in [1.54, 1.807) is 0 Å². The minimum atomic E-state index is -0.163. The monoisotopic (exact) mass is 285 g/mol. The van der Waals surface area contributed by atoms with Crippen LogP contribution in [0.15, 0.2) is 0 Å². The van der Waals surface area contributed by atoms with Crippen LogP contribution in [0.2, 0.25) is 0 Å². The minimum Gasteiger partial charge on any atom is -0.393 e. The third-order valence-corrected chi connectivity index (χ3v) is 3.95. The maximum Gasteiger partial charge on any atom is 0.0524 e. The number of aliphatic hydroxyl groups excluding tert-OH is 1. The summed E-state index contributed by atoms with van der Waals surface area (Å²) in [5, 5.41) is 12.5. The summed E-state index contributed by atoms with van der Waals surface area (Å²) < 4.78 is 0. The SMILES string of the molecule is CCCCCCCCCCCCCCNCC[C@@H](C)O. The molecule has 0 spiro atoms. The first-order chi connectivity index (χ1) is 9.77. The molecule has 0 bridgehead atoms. The Balaban J connectivity index is 2.92. The van der Waals surface area contributed by atoms with Crippen LogP contribution in [0.5, 0.6) is 0 Å². The van der Waals surface area contributed by atoms with Crippen molar-refractivity contribution in [2.75, 3.05) is 13.1 Å². The Hall–Kier alpha value is -0.0800. The molecule has 0 amide bonds. The first kappa shape index (κ1) is 19.9. The van der Waals surface area contributed by atoms with Crippen LogP contribution >= 0.6 is 0 Å². The Labute approximate surface area is 127 Å². The molecule has 0 radical (unpaired) electrons. The van der Waals surface area contributed by atoms with Gasteiger partial charge in [0.1, 0.15) is 0 Å². The molecule has 122 valence electrons. The number of hydrogen-bond acceptors (Lipinski definition) is 2. The van der Waals surface area contributed by atoms with E-state index in [-0.39, 0.29) is 6.10 Å². The molecule has 0 fully saturated rings. The number of aliphatic hydroxyl groups is 1. The lowest BCUT2D eigenvalue weighted by Crippen LogP contribution is -2.20. The van der Waals surface area contributed by atoms with Crippen LogP contribution in [0.3, 0.4) is 0 Å². The maximum atomic E-state index is 9.12. The van der Waals surface area contributed by atoms with Gasteiger partial charge in [0, 0.05) is 0 Å². The summed E-state index contributed by atoms with van der Waals surface area (Å²) in [6.07, 6.45) is 17.6. The zero-order valence-corrected chi connectivity index (χ0v) is 14.1. The van der Waals surface area contributed by atoms with E-state index in [2.05, 4.69) is 12.2 Å². The van der Waals surface area contributed by atoms with E-state index in [1.807, 2.05) is 6.92 Å². The Bertz CT molecular complexity index is 171. The van der Waals surface area contributed by atoms with Crippen LogP contribution in [0.4, 0.5) is 0 Å². The van der Waals surface area contributed by atoms with Gasteiger partial charge in [0.05, 0.1) is 6.10 Å². The number of unbranched alkanes of at least 4 members (excludes halogenated alkanes) is 11. The molecule has 0 unspecified atom stereocenters. The number of hydrogen-bond donors (Lipinski definition) is 2. The second-order valence-corrected chi connectivity index (χ2v) is 6.28. The van der Waals surface area contributed by atoms with Gasteiger partial charge in [-0.2, -0.15) is 0 Å². The summed E-state index contributed by atoms with van der Waals surface area (Å²) in [5.41, 5.74) is 0. The van der Waals surface area contributed by atoms with Gasteiger partial charge in [-0.1, -0.05) is 77.6 Å². The first-order valence-corrected chi connectivity index (χ1v) is 9.16. The van der Waals surface area contributed by atoms with Gasteiger partial charge in [0.25, 0.3) is 0 Å². The van der Waals surface area contributed by atoms with Gasteiger partial charge in [-0.05, 0) is 32.9 Å². The highest BCUT2D eigenvalue weighted by atomic mass is 16.3. The summed E-state index contributed by atoms with van der Waals surface area (Å²) in [4.78, 5) is 0. The van der Waals surface area contributed by atoms with Gasteiger partial charge in [0.2, 0.25) is 0 Å². The molecule has 20 heavy (non-hydrogen) atoms. The molecule has 0 aromatic rings. The maximum absolute atomic E-state index is 9.12. The van der Waals surface area contributed by atoms with E-state index >= 15 is 0 Å². The molecule has 2 nitrogen and oxygen atoms in total. The van der Waals surface area contributed by atoms with Crippen molar-refractivity contribution in [3.05, 3.63) is 0 Å². The quantitative estimate of drug-likeness (QED) is 0.389. The zero-order valence-electron chi connectivity index (χ0n) is 14.1. The minimum absolute atomic E-state index is 0.163. The standard InChI is InChI=1S/C18H39NO/c1-3-4-5-6-7-8-9-10-11-12-13-14-16-19-17-15-18(2)20/h18-20H,3-17H2,1-2H3/t18-/m1/s1. The first-order valence-electron chi connectivity index (χ1n) is 9.16. The van der Waals surface area contributed by atoms with Crippen LogP contribution in [0.25, 0.3) is 0 Å². The van der Waals surface area contributed by atoms with E-state index in [0.717, 1.165) is 19.5 Å². The van der Waals surface area contributed by atoms with Gasteiger partial charge in [-0.3, -0.25) is 0 Å². The molecule has 0 heterocycles. The highest BCUT2D eigenvalue weighted by Gasteiger charge is 1.95. The molecular weight excluding hydrogens is 246 g/mol. The fourth-order valence-corrected chi connectivity index (χ4v) is 2.53. The van der Waals surface area contributed by atoms with E-state index in [9.17, 15) is 0 Å². The largest absolute Gasteiger partial charge is 0.393 e. The molecule has 0 aliphatic rings. The summed E-state index contributed by atoms with van der Waals surface area (Å²) in [7, 11) is 0. The van der Waals surface area contributed by atoms with Crippen LogP contribution in [0, 0.1) is 0 Å². The van der Waals surface area contributed by atoms with Gasteiger partial charge >= 0.3 is 0 Å².